The molecule has 1 saturated heterocycles. The van der Waals surface area contributed by atoms with E-state index in [2.05, 4.69) is 5.32 Å². The van der Waals surface area contributed by atoms with Crippen LogP contribution >= 0.6 is 23.4 Å². The van der Waals surface area contributed by atoms with Crippen molar-refractivity contribution in [3.8, 4) is 0 Å². The van der Waals surface area contributed by atoms with Crippen LogP contribution < -0.4 is 5.32 Å². The summed E-state index contributed by atoms with van der Waals surface area (Å²) in [5, 5.41) is 2.96. The van der Waals surface area contributed by atoms with E-state index in [1.807, 2.05) is 0 Å². The summed E-state index contributed by atoms with van der Waals surface area (Å²) >= 11 is 7.95. The van der Waals surface area contributed by atoms with Crippen LogP contribution in [0.2, 0.25) is 5.02 Å². The van der Waals surface area contributed by atoms with Gasteiger partial charge in [0.25, 0.3) is 5.91 Å². The number of para-hydroxylation sites is 1. The van der Waals surface area contributed by atoms with Crippen LogP contribution in [-0.4, -0.2) is 33.9 Å². The van der Waals surface area contributed by atoms with Gasteiger partial charge in [0.2, 0.25) is 5.91 Å². The number of halogens is 2. The van der Waals surface area contributed by atoms with Gasteiger partial charge in [0.1, 0.15) is 11.9 Å². The van der Waals surface area contributed by atoms with Gasteiger partial charge in [-0.2, -0.15) is 0 Å². The predicted molar refractivity (Wildman–Crippen MR) is 119 cm³/mol. The molecule has 4 nitrogen and oxygen atoms in total. The quantitative estimate of drug-likeness (QED) is 0.666. The topological polar surface area (TPSA) is 49.4 Å². The fourth-order valence-corrected chi connectivity index (χ4v) is 6.18. The van der Waals surface area contributed by atoms with Gasteiger partial charge in [-0.3, -0.25) is 9.59 Å². The Bertz CT molecular complexity index is 935. The zero-order valence-corrected chi connectivity index (χ0v) is 18.1. The summed E-state index contributed by atoms with van der Waals surface area (Å²) in [5.74, 6) is -0.274. The van der Waals surface area contributed by atoms with Crippen molar-refractivity contribution in [1.29, 1.82) is 0 Å². The lowest BCUT2D eigenvalue weighted by molar-refractivity contribution is -0.120. The average molecular weight is 447 g/mol. The van der Waals surface area contributed by atoms with E-state index in [1.165, 1.54) is 18.6 Å². The van der Waals surface area contributed by atoms with E-state index in [9.17, 15) is 14.0 Å². The number of hydrogen-bond acceptors (Lipinski definition) is 3. The zero-order chi connectivity index (χ0) is 21.1. The van der Waals surface area contributed by atoms with Gasteiger partial charge >= 0.3 is 0 Å². The Morgan fingerprint density at radius 3 is 2.47 bits per heavy atom. The minimum atomic E-state index is -0.676. The van der Waals surface area contributed by atoms with Crippen molar-refractivity contribution in [2.75, 3.05) is 11.1 Å². The minimum Gasteiger partial charge on any atom is -0.322 e. The summed E-state index contributed by atoms with van der Waals surface area (Å²) in [6.45, 7) is 0. The number of amides is 2. The van der Waals surface area contributed by atoms with Crippen molar-refractivity contribution in [3.05, 3.63) is 64.9 Å². The van der Waals surface area contributed by atoms with Gasteiger partial charge in [-0.15, -0.1) is 11.8 Å². The van der Waals surface area contributed by atoms with Gasteiger partial charge in [-0.1, -0.05) is 55.1 Å². The molecule has 158 valence electrons. The molecule has 1 aliphatic carbocycles. The van der Waals surface area contributed by atoms with Crippen molar-refractivity contribution in [2.45, 2.75) is 43.5 Å². The van der Waals surface area contributed by atoms with Crippen molar-refractivity contribution in [1.82, 2.24) is 4.90 Å². The van der Waals surface area contributed by atoms with E-state index < -0.39 is 11.9 Å². The molecule has 1 aliphatic heterocycles. The van der Waals surface area contributed by atoms with E-state index in [0.29, 0.717) is 22.3 Å². The smallest absolute Gasteiger partial charge is 0.256 e. The van der Waals surface area contributed by atoms with Gasteiger partial charge < -0.3 is 10.2 Å². The van der Waals surface area contributed by atoms with Gasteiger partial charge in [-0.25, -0.2) is 4.39 Å². The van der Waals surface area contributed by atoms with Crippen molar-refractivity contribution >= 4 is 40.9 Å². The summed E-state index contributed by atoms with van der Waals surface area (Å²) in [7, 11) is 0. The molecule has 7 heteroatoms. The number of anilines is 1. The number of hydrogen-bond donors (Lipinski definition) is 1. The maximum absolute atomic E-state index is 14.1. The molecule has 2 atom stereocenters. The number of benzene rings is 2. The van der Waals surface area contributed by atoms with Gasteiger partial charge in [0, 0.05) is 5.75 Å². The second kappa shape index (κ2) is 9.40. The maximum Gasteiger partial charge on any atom is 0.256 e. The lowest BCUT2D eigenvalue weighted by Crippen LogP contribution is -2.50. The molecule has 0 aromatic heterocycles. The molecular weight excluding hydrogens is 423 g/mol. The zero-order valence-electron chi connectivity index (χ0n) is 16.5. The third-order valence-electron chi connectivity index (χ3n) is 5.86. The second-order valence-electron chi connectivity index (χ2n) is 7.80. The van der Waals surface area contributed by atoms with Crippen LogP contribution in [0.5, 0.6) is 0 Å². The SMILES string of the molecule is O=C(Nc1ccccc1F)C1CSC(C2CCCCC2)N1C(=O)c1ccccc1Cl. The molecule has 0 bridgehead atoms. The molecule has 2 aromatic carbocycles. The summed E-state index contributed by atoms with van der Waals surface area (Å²) in [6.07, 6.45) is 5.59. The molecule has 1 N–H and O–H groups in total. The Balaban J connectivity index is 1.63. The normalized spacial score (nSPS) is 22.1. The molecular formula is C23H24ClFN2O2S. The largest absolute Gasteiger partial charge is 0.322 e. The number of rotatable bonds is 4. The highest BCUT2D eigenvalue weighted by Crippen LogP contribution is 2.41. The Kier molecular flexibility index (Phi) is 6.64. The van der Waals surface area contributed by atoms with E-state index in [-0.39, 0.29) is 22.9 Å². The highest BCUT2D eigenvalue weighted by molar-refractivity contribution is 8.00. The van der Waals surface area contributed by atoms with Crippen LogP contribution in [0.3, 0.4) is 0 Å². The molecule has 0 spiro atoms. The Morgan fingerprint density at radius 2 is 1.73 bits per heavy atom. The van der Waals surface area contributed by atoms with Gasteiger partial charge in [-0.05, 0) is 43.0 Å². The maximum atomic E-state index is 14.1. The molecule has 1 heterocycles. The molecule has 2 amide bonds. The molecule has 0 radical (unpaired) electrons. The number of nitrogens with one attached hydrogen (secondary N) is 1. The number of thioether (sulfide) groups is 1. The number of carbonyl (C=O) groups excluding carboxylic acids is 2. The first-order valence-electron chi connectivity index (χ1n) is 10.3. The molecule has 2 fully saturated rings. The van der Waals surface area contributed by atoms with E-state index >= 15 is 0 Å². The fraction of sp³-hybridized carbons (Fsp3) is 0.391. The van der Waals surface area contributed by atoms with Crippen LogP contribution in [0.25, 0.3) is 0 Å². The lowest BCUT2D eigenvalue weighted by Gasteiger charge is -2.35. The highest BCUT2D eigenvalue weighted by Gasteiger charge is 2.45. The second-order valence-corrected chi connectivity index (χ2v) is 9.36. The lowest BCUT2D eigenvalue weighted by atomic mass is 9.88. The van der Waals surface area contributed by atoms with Crippen LogP contribution in [0.15, 0.2) is 48.5 Å². The highest BCUT2D eigenvalue weighted by atomic mass is 35.5. The third-order valence-corrected chi connectivity index (χ3v) is 7.65. The first-order chi connectivity index (χ1) is 14.6. The van der Waals surface area contributed by atoms with Crippen molar-refractivity contribution < 1.29 is 14.0 Å². The van der Waals surface area contributed by atoms with E-state index in [1.54, 1.807) is 53.1 Å². The Hall–Kier alpha value is -2.05. The third kappa shape index (κ3) is 4.35. The summed E-state index contributed by atoms with van der Waals surface area (Å²) < 4.78 is 14.1. The van der Waals surface area contributed by atoms with Crippen LogP contribution in [0, 0.1) is 11.7 Å². The van der Waals surface area contributed by atoms with Gasteiger partial charge in [0.05, 0.1) is 21.6 Å². The molecule has 4 rings (SSSR count). The molecule has 30 heavy (non-hydrogen) atoms. The first kappa shape index (κ1) is 21.2. The van der Waals surface area contributed by atoms with E-state index in [4.69, 9.17) is 11.6 Å². The first-order valence-corrected chi connectivity index (χ1v) is 11.7. The Labute approximate surface area is 185 Å². The van der Waals surface area contributed by atoms with Crippen molar-refractivity contribution in [3.63, 3.8) is 0 Å². The predicted octanol–water partition coefficient (Wildman–Crippen LogP) is 5.58. The number of nitrogens with zero attached hydrogens (tertiary/aromatic N) is 1. The van der Waals surface area contributed by atoms with Crippen LogP contribution in [0.4, 0.5) is 10.1 Å². The fourth-order valence-electron chi connectivity index (χ4n) is 4.32. The van der Waals surface area contributed by atoms with Gasteiger partial charge in [0.15, 0.2) is 0 Å². The minimum absolute atomic E-state index is 0.0783. The van der Waals surface area contributed by atoms with Crippen LogP contribution in [0.1, 0.15) is 42.5 Å². The number of carbonyl (C=O) groups is 2. The Morgan fingerprint density at radius 1 is 1.03 bits per heavy atom. The average Bonchev–Trinajstić information content (AvgIpc) is 3.21. The molecule has 1 saturated carbocycles. The van der Waals surface area contributed by atoms with Crippen LogP contribution in [-0.2, 0) is 4.79 Å². The standard InChI is InChI=1S/C23H24ClFN2O2S/c24-17-11-5-4-10-16(17)22(29)27-20(14-30-23(27)15-8-2-1-3-9-15)21(28)26-19-13-7-6-12-18(19)25/h4-7,10-13,15,20,23H,1-3,8-9,14H2,(H,26,28). The monoisotopic (exact) mass is 446 g/mol. The molecule has 2 unspecified atom stereocenters. The molecule has 2 aliphatic rings. The molecule has 2 aromatic rings. The van der Waals surface area contributed by atoms with E-state index in [0.717, 1.165) is 25.7 Å². The summed E-state index contributed by atoms with van der Waals surface area (Å²) in [4.78, 5) is 28.3. The summed E-state index contributed by atoms with van der Waals surface area (Å²) in [6, 6.07) is 12.3. The van der Waals surface area contributed by atoms with Crippen molar-refractivity contribution in [2.24, 2.45) is 5.92 Å². The summed E-state index contributed by atoms with van der Waals surface area (Å²) in [5.41, 5.74) is 0.518.